The van der Waals surface area contributed by atoms with Gasteiger partial charge in [-0.2, -0.15) is 13.2 Å². The largest absolute Gasteiger partial charge is 0.478 e. The van der Waals surface area contributed by atoms with Crippen LogP contribution in [-0.4, -0.2) is 30.8 Å². The highest BCUT2D eigenvalue weighted by Gasteiger charge is 2.27. The van der Waals surface area contributed by atoms with Gasteiger partial charge >= 0.3 is 12.1 Å². The number of halogens is 4. The Morgan fingerprint density at radius 3 is 2.55 bits per heavy atom. The van der Waals surface area contributed by atoms with Gasteiger partial charge in [-0.3, -0.25) is 0 Å². The minimum absolute atomic E-state index is 0.0294. The fraction of sp³-hybridized carbons (Fsp3) is 0.308. The van der Waals surface area contributed by atoms with E-state index < -0.39 is 24.4 Å². The number of nitrogens with zero attached hydrogens (tertiary/aromatic N) is 1. The van der Waals surface area contributed by atoms with Crippen LogP contribution in [0.25, 0.3) is 6.08 Å². The summed E-state index contributed by atoms with van der Waals surface area (Å²) in [5.74, 6) is -1.88. The molecule has 3 nitrogen and oxygen atoms in total. The van der Waals surface area contributed by atoms with Crippen LogP contribution in [0.15, 0.2) is 24.3 Å². The number of carboxylic acid groups (broad SMARTS) is 1. The molecule has 1 N–H and O–H groups in total. The summed E-state index contributed by atoms with van der Waals surface area (Å²) in [5.41, 5.74) is 0.347. The quantitative estimate of drug-likeness (QED) is 0.668. The lowest BCUT2D eigenvalue weighted by atomic mass is 10.1. The van der Waals surface area contributed by atoms with Gasteiger partial charge in [0.15, 0.2) is 0 Å². The first-order chi connectivity index (χ1) is 9.19. The van der Waals surface area contributed by atoms with Crippen LogP contribution in [0.4, 0.5) is 23.2 Å². The van der Waals surface area contributed by atoms with Crippen LogP contribution in [0, 0.1) is 5.82 Å². The maximum absolute atomic E-state index is 13.7. The minimum Gasteiger partial charge on any atom is -0.478 e. The van der Waals surface area contributed by atoms with Crippen molar-refractivity contribution in [1.82, 2.24) is 0 Å². The molecule has 0 heterocycles. The van der Waals surface area contributed by atoms with Crippen LogP contribution in [0.1, 0.15) is 12.0 Å². The predicted molar refractivity (Wildman–Crippen MR) is 67.0 cm³/mol. The Kier molecular flexibility index (Phi) is 5.12. The van der Waals surface area contributed by atoms with Gasteiger partial charge in [0.25, 0.3) is 0 Å². The van der Waals surface area contributed by atoms with Crippen LogP contribution in [0.3, 0.4) is 0 Å². The van der Waals surface area contributed by atoms with Crippen LogP contribution in [-0.2, 0) is 4.79 Å². The van der Waals surface area contributed by atoms with Gasteiger partial charge in [-0.25, -0.2) is 9.18 Å². The smallest absolute Gasteiger partial charge is 0.390 e. The highest BCUT2D eigenvalue weighted by Crippen LogP contribution is 2.24. The molecule has 7 heteroatoms. The molecule has 0 spiro atoms. The topological polar surface area (TPSA) is 40.5 Å². The zero-order valence-electron chi connectivity index (χ0n) is 10.6. The van der Waals surface area contributed by atoms with E-state index in [1.54, 1.807) is 0 Å². The Morgan fingerprint density at radius 2 is 2.05 bits per heavy atom. The fourth-order valence-electron chi connectivity index (χ4n) is 1.52. The van der Waals surface area contributed by atoms with E-state index in [-0.39, 0.29) is 12.2 Å². The van der Waals surface area contributed by atoms with Gasteiger partial charge in [0, 0.05) is 19.7 Å². The number of rotatable bonds is 5. The van der Waals surface area contributed by atoms with Crippen molar-refractivity contribution in [2.24, 2.45) is 0 Å². The summed E-state index contributed by atoms with van der Waals surface area (Å²) in [6, 6.07) is 3.81. The summed E-state index contributed by atoms with van der Waals surface area (Å²) in [7, 11) is 1.36. The molecule has 0 aliphatic heterocycles. The summed E-state index contributed by atoms with van der Waals surface area (Å²) < 4.78 is 50.0. The van der Waals surface area contributed by atoms with Crippen LogP contribution < -0.4 is 4.90 Å². The predicted octanol–water partition coefficient (Wildman–Crippen LogP) is 3.31. The Hall–Kier alpha value is -2.05. The molecule has 0 saturated heterocycles. The van der Waals surface area contributed by atoms with Crippen molar-refractivity contribution in [3.63, 3.8) is 0 Å². The van der Waals surface area contributed by atoms with Gasteiger partial charge in [0.2, 0.25) is 0 Å². The van der Waals surface area contributed by atoms with Gasteiger partial charge < -0.3 is 10.0 Å². The molecule has 1 aromatic rings. The number of hydrogen-bond acceptors (Lipinski definition) is 2. The van der Waals surface area contributed by atoms with E-state index >= 15 is 0 Å². The molecule has 0 atom stereocenters. The molecule has 0 radical (unpaired) electrons. The molecule has 0 aliphatic carbocycles. The Bertz CT molecular complexity index is 512. The molecule has 1 rings (SSSR count). The molecular weight excluding hydrogens is 278 g/mol. The lowest BCUT2D eigenvalue weighted by Gasteiger charge is -2.20. The van der Waals surface area contributed by atoms with Gasteiger partial charge in [0.1, 0.15) is 5.82 Å². The third kappa shape index (κ3) is 5.29. The standard InChI is InChI=1S/C13H13F4NO2/c1-18(7-6-13(15,16)17)11-4-2-9(8-10(11)14)3-5-12(19)20/h2-5,8H,6-7H2,1H3,(H,19,20). The third-order valence-electron chi connectivity index (χ3n) is 2.53. The monoisotopic (exact) mass is 291 g/mol. The normalized spacial score (nSPS) is 11.8. The van der Waals surface area contributed by atoms with Gasteiger partial charge in [0.05, 0.1) is 12.1 Å². The number of carboxylic acids is 1. The first-order valence-corrected chi connectivity index (χ1v) is 5.67. The molecule has 1 aromatic carbocycles. The van der Waals surface area contributed by atoms with Crippen LogP contribution >= 0.6 is 0 Å². The van der Waals surface area contributed by atoms with Crippen molar-refractivity contribution >= 4 is 17.7 Å². The summed E-state index contributed by atoms with van der Waals surface area (Å²) in [6.07, 6.45) is -3.29. The van der Waals surface area contributed by atoms with Crippen LogP contribution in [0.2, 0.25) is 0 Å². The average molecular weight is 291 g/mol. The molecule has 110 valence electrons. The van der Waals surface area contributed by atoms with Gasteiger partial charge in [-0.15, -0.1) is 0 Å². The van der Waals surface area contributed by atoms with Crippen molar-refractivity contribution in [1.29, 1.82) is 0 Å². The van der Waals surface area contributed by atoms with E-state index in [2.05, 4.69) is 0 Å². The molecule has 0 aromatic heterocycles. The Balaban J connectivity index is 2.79. The molecule has 20 heavy (non-hydrogen) atoms. The van der Waals surface area contributed by atoms with Gasteiger partial charge in [-0.05, 0) is 23.8 Å². The number of benzene rings is 1. The molecule has 0 unspecified atom stereocenters. The van der Waals surface area contributed by atoms with E-state index in [1.807, 2.05) is 0 Å². The number of aliphatic carboxylic acids is 1. The Labute approximate surface area is 113 Å². The molecule has 0 saturated carbocycles. The maximum atomic E-state index is 13.7. The van der Waals surface area contributed by atoms with Crippen LogP contribution in [0.5, 0.6) is 0 Å². The first kappa shape index (κ1) is 16.0. The number of carbonyl (C=O) groups is 1. The second-order valence-electron chi connectivity index (χ2n) is 4.17. The van der Waals surface area contributed by atoms with Crippen molar-refractivity contribution in [3.8, 4) is 0 Å². The highest BCUT2D eigenvalue weighted by atomic mass is 19.4. The van der Waals surface area contributed by atoms with E-state index in [0.717, 1.165) is 17.0 Å². The second-order valence-corrected chi connectivity index (χ2v) is 4.17. The van der Waals surface area contributed by atoms with E-state index in [1.165, 1.54) is 25.3 Å². The lowest BCUT2D eigenvalue weighted by Crippen LogP contribution is -2.24. The average Bonchev–Trinajstić information content (AvgIpc) is 2.32. The minimum atomic E-state index is -4.30. The number of anilines is 1. The maximum Gasteiger partial charge on any atom is 0.390 e. The first-order valence-electron chi connectivity index (χ1n) is 5.67. The summed E-state index contributed by atoms with van der Waals surface area (Å²) in [5, 5.41) is 8.44. The zero-order valence-corrected chi connectivity index (χ0v) is 10.6. The summed E-state index contributed by atoms with van der Waals surface area (Å²) in [4.78, 5) is 11.5. The lowest BCUT2D eigenvalue weighted by molar-refractivity contribution is -0.132. The second kappa shape index (κ2) is 6.40. The molecule has 0 aliphatic rings. The van der Waals surface area contributed by atoms with E-state index in [9.17, 15) is 22.4 Å². The SMILES string of the molecule is CN(CCC(F)(F)F)c1ccc(C=CC(=O)O)cc1F. The van der Waals surface area contributed by atoms with Crippen molar-refractivity contribution in [2.75, 3.05) is 18.5 Å². The Morgan fingerprint density at radius 1 is 1.40 bits per heavy atom. The van der Waals surface area contributed by atoms with E-state index in [4.69, 9.17) is 5.11 Å². The molecule has 0 bridgehead atoms. The zero-order chi connectivity index (χ0) is 15.3. The molecule has 0 fully saturated rings. The van der Waals surface area contributed by atoms with Crippen molar-refractivity contribution in [3.05, 3.63) is 35.7 Å². The summed E-state index contributed by atoms with van der Waals surface area (Å²) >= 11 is 0. The summed E-state index contributed by atoms with van der Waals surface area (Å²) in [6.45, 7) is -0.356. The third-order valence-corrected chi connectivity index (χ3v) is 2.53. The van der Waals surface area contributed by atoms with Crippen molar-refractivity contribution in [2.45, 2.75) is 12.6 Å². The molecule has 0 amide bonds. The van der Waals surface area contributed by atoms with Crippen molar-refractivity contribution < 1.29 is 27.5 Å². The fourth-order valence-corrected chi connectivity index (χ4v) is 1.52. The number of hydrogen-bond donors (Lipinski definition) is 1. The number of alkyl halides is 3. The highest BCUT2D eigenvalue weighted by molar-refractivity contribution is 5.85. The van der Waals surface area contributed by atoms with Gasteiger partial charge in [-0.1, -0.05) is 6.07 Å². The molecular formula is C13H13F4NO2. The van der Waals surface area contributed by atoms with E-state index in [0.29, 0.717) is 5.56 Å².